The lowest BCUT2D eigenvalue weighted by molar-refractivity contribution is 0.102. The maximum Gasteiger partial charge on any atom is 0.259 e. The fourth-order valence-corrected chi connectivity index (χ4v) is 2.11. The molecule has 5 heteroatoms. The molecule has 0 saturated carbocycles. The Bertz CT molecular complexity index is 659. The number of furan rings is 1. The van der Waals surface area contributed by atoms with Gasteiger partial charge in [-0.2, -0.15) is 0 Å². The molecule has 1 aromatic heterocycles. The van der Waals surface area contributed by atoms with Crippen LogP contribution < -0.4 is 15.8 Å². The van der Waals surface area contributed by atoms with Gasteiger partial charge in [-0.25, -0.2) is 0 Å². The van der Waals surface area contributed by atoms with Crippen LogP contribution in [0, 0.1) is 20.8 Å². The van der Waals surface area contributed by atoms with Crippen LogP contribution in [0.15, 0.2) is 22.6 Å². The molecule has 20 heavy (non-hydrogen) atoms. The number of aryl methyl sites for hydroxylation is 2. The van der Waals surface area contributed by atoms with Crippen LogP contribution in [0.25, 0.3) is 0 Å². The minimum Gasteiger partial charge on any atom is -0.495 e. The van der Waals surface area contributed by atoms with E-state index in [1.54, 1.807) is 25.1 Å². The summed E-state index contributed by atoms with van der Waals surface area (Å²) in [7, 11) is 1.53. The Hall–Kier alpha value is -2.43. The predicted octanol–water partition coefficient (Wildman–Crippen LogP) is 3.05. The van der Waals surface area contributed by atoms with Crippen LogP contribution >= 0.6 is 0 Å². The molecular formula is C15H18N2O3. The first-order valence-corrected chi connectivity index (χ1v) is 6.25. The van der Waals surface area contributed by atoms with Gasteiger partial charge in [-0.05, 0) is 32.9 Å². The number of hydrogen-bond acceptors (Lipinski definition) is 4. The molecule has 0 radical (unpaired) electrons. The van der Waals surface area contributed by atoms with Crippen molar-refractivity contribution in [2.24, 2.45) is 0 Å². The van der Waals surface area contributed by atoms with Gasteiger partial charge in [0.05, 0.1) is 18.4 Å². The Balaban J connectivity index is 2.28. The molecule has 0 fully saturated rings. The highest BCUT2D eigenvalue weighted by molar-refractivity contribution is 6.06. The van der Waals surface area contributed by atoms with Crippen molar-refractivity contribution in [3.05, 3.63) is 40.8 Å². The van der Waals surface area contributed by atoms with Crippen molar-refractivity contribution in [1.29, 1.82) is 0 Å². The summed E-state index contributed by atoms with van der Waals surface area (Å²) in [5, 5.41) is 2.82. The molecule has 0 aliphatic carbocycles. The van der Waals surface area contributed by atoms with Gasteiger partial charge < -0.3 is 20.2 Å². The van der Waals surface area contributed by atoms with Crippen molar-refractivity contribution in [2.45, 2.75) is 20.8 Å². The van der Waals surface area contributed by atoms with Gasteiger partial charge in [0.15, 0.2) is 0 Å². The molecule has 0 spiro atoms. The number of carbonyl (C=O) groups excluding carboxylic acids is 1. The highest BCUT2D eigenvalue weighted by Crippen LogP contribution is 2.26. The summed E-state index contributed by atoms with van der Waals surface area (Å²) in [6, 6.07) is 5.10. The summed E-state index contributed by atoms with van der Waals surface area (Å²) < 4.78 is 10.6. The molecule has 0 bridgehead atoms. The summed E-state index contributed by atoms with van der Waals surface area (Å²) in [6.45, 7) is 5.48. The monoisotopic (exact) mass is 274 g/mol. The first-order chi connectivity index (χ1) is 9.43. The van der Waals surface area contributed by atoms with E-state index in [1.807, 2.05) is 13.8 Å². The van der Waals surface area contributed by atoms with Crippen LogP contribution in [0.1, 0.15) is 27.4 Å². The van der Waals surface area contributed by atoms with Crippen molar-refractivity contribution in [3.63, 3.8) is 0 Å². The van der Waals surface area contributed by atoms with Gasteiger partial charge in [-0.15, -0.1) is 0 Å². The molecule has 5 nitrogen and oxygen atoms in total. The second-order valence-electron chi connectivity index (χ2n) is 4.63. The molecule has 1 heterocycles. The molecule has 0 atom stereocenters. The third kappa shape index (κ3) is 2.47. The van der Waals surface area contributed by atoms with Gasteiger partial charge in [0.2, 0.25) is 0 Å². The van der Waals surface area contributed by atoms with Gasteiger partial charge in [-0.3, -0.25) is 4.79 Å². The number of methoxy groups -OCH3 is 1. The number of ether oxygens (including phenoxy) is 1. The lowest BCUT2D eigenvalue weighted by Crippen LogP contribution is -2.13. The number of nitrogens with two attached hydrogens (primary N) is 1. The minimum absolute atomic E-state index is 0.205. The molecule has 1 aromatic carbocycles. The van der Waals surface area contributed by atoms with Crippen LogP contribution in [0.5, 0.6) is 5.75 Å². The van der Waals surface area contributed by atoms with Gasteiger partial charge in [0.25, 0.3) is 5.91 Å². The molecule has 0 aliphatic heterocycles. The predicted molar refractivity (Wildman–Crippen MR) is 78.3 cm³/mol. The number of anilines is 2. The van der Waals surface area contributed by atoms with E-state index in [2.05, 4.69) is 5.32 Å². The van der Waals surface area contributed by atoms with Crippen molar-refractivity contribution in [1.82, 2.24) is 0 Å². The van der Waals surface area contributed by atoms with Crippen molar-refractivity contribution in [3.8, 4) is 5.75 Å². The standard InChI is InChI=1S/C15H18N2O3/c1-8-9(2)20-10(3)14(8)15(18)17-11-5-6-12(16)13(7-11)19-4/h5-7H,16H2,1-4H3,(H,17,18). The fraction of sp³-hybridized carbons (Fsp3) is 0.267. The van der Waals surface area contributed by atoms with Crippen LogP contribution in [-0.4, -0.2) is 13.0 Å². The molecule has 1 amide bonds. The molecule has 2 aromatic rings. The summed E-state index contributed by atoms with van der Waals surface area (Å²) in [6.07, 6.45) is 0. The Morgan fingerprint density at radius 2 is 1.95 bits per heavy atom. The van der Waals surface area contributed by atoms with Gasteiger partial charge in [-0.1, -0.05) is 0 Å². The summed E-state index contributed by atoms with van der Waals surface area (Å²) in [5.41, 5.74) is 8.31. The maximum atomic E-state index is 12.3. The largest absolute Gasteiger partial charge is 0.495 e. The number of hydrogen-bond donors (Lipinski definition) is 2. The van der Waals surface area contributed by atoms with Gasteiger partial charge in [0.1, 0.15) is 17.3 Å². The molecule has 0 saturated heterocycles. The fourth-order valence-electron chi connectivity index (χ4n) is 2.11. The van der Waals surface area contributed by atoms with E-state index >= 15 is 0 Å². The molecule has 0 unspecified atom stereocenters. The number of amides is 1. The van der Waals surface area contributed by atoms with E-state index in [-0.39, 0.29) is 5.91 Å². The first kappa shape index (κ1) is 14.0. The average molecular weight is 274 g/mol. The Kier molecular flexibility index (Phi) is 3.70. The number of rotatable bonds is 3. The van der Waals surface area contributed by atoms with Gasteiger partial charge >= 0.3 is 0 Å². The quantitative estimate of drug-likeness (QED) is 0.843. The number of nitrogens with one attached hydrogen (secondary N) is 1. The van der Waals surface area contributed by atoms with E-state index in [0.717, 1.165) is 11.3 Å². The topological polar surface area (TPSA) is 77.5 Å². The van der Waals surface area contributed by atoms with Crippen LogP contribution in [0.3, 0.4) is 0 Å². The lowest BCUT2D eigenvalue weighted by Gasteiger charge is -2.09. The third-order valence-corrected chi connectivity index (χ3v) is 3.28. The van der Waals surface area contributed by atoms with E-state index in [0.29, 0.717) is 28.4 Å². The highest BCUT2D eigenvalue weighted by atomic mass is 16.5. The van der Waals surface area contributed by atoms with Crippen LogP contribution in [0.4, 0.5) is 11.4 Å². The zero-order valence-corrected chi connectivity index (χ0v) is 12.0. The average Bonchev–Trinajstić information content (AvgIpc) is 2.65. The maximum absolute atomic E-state index is 12.3. The zero-order valence-electron chi connectivity index (χ0n) is 12.0. The third-order valence-electron chi connectivity index (χ3n) is 3.28. The van der Waals surface area contributed by atoms with Crippen molar-refractivity contribution >= 4 is 17.3 Å². The van der Waals surface area contributed by atoms with E-state index in [9.17, 15) is 4.79 Å². The molecule has 2 rings (SSSR count). The number of benzene rings is 1. The SMILES string of the molecule is COc1cc(NC(=O)c2c(C)oc(C)c2C)ccc1N. The minimum atomic E-state index is -0.205. The van der Waals surface area contributed by atoms with Crippen LogP contribution in [-0.2, 0) is 0 Å². The second-order valence-corrected chi connectivity index (χ2v) is 4.63. The van der Waals surface area contributed by atoms with Crippen molar-refractivity contribution < 1.29 is 13.9 Å². The number of carbonyl (C=O) groups is 1. The van der Waals surface area contributed by atoms with E-state index < -0.39 is 0 Å². The Labute approximate surface area is 117 Å². The van der Waals surface area contributed by atoms with E-state index in [1.165, 1.54) is 7.11 Å². The number of nitrogen functional groups attached to an aromatic ring is 1. The molecule has 106 valence electrons. The molecule has 0 aliphatic rings. The summed E-state index contributed by atoms with van der Waals surface area (Å²) in [5.74, 6) is 1.69. The Morgan fingerprint density at radius 1 is 1.25 bits per heavy atom. The van der Waals surface area contributed by atoms with E-state index in [4.69, 9.17) is 14.9 Å². The highest BCUT2D eigenvalue weighted by Gasteiger charge is 2.18. The molecular weight excluding hydrogens is 256 g/mol. The summed E-state index contributed by atoms with van der Waals surface area (Å²) >= 11 is 0. The van der Waals surface area contributed by atoms with Crippen LogP contribution in [0.2, 0.25) is 0 Å². The summed E-state index contributed by atoms with van der Waals surface area (Å²) in [4.78, 5) is 12.3. The smallest absolute Gasteiger partial charge is 0.259 e. The normalized spacial score (nSPS) is 10.4. The Morgan fingerprint density at radius 3 is 2.50 bits per heavy atom. The second kappa shape index (κ2) is 5.28. The zero-order chi connectivity index (χ0) is 14.9. The molecule has 3 N–H and O–H groups in total. The van der Waals surface area contributed by atoms with Gasteiger partial charge in [0, 0.05) is 17.3 Å². The van der Waals surface area contributed by atoms with Crippen molar-refractivity contribution in [2.75, 3.05) is 18.2 Å². The lowest BCUT2D eigenvalue weighted by atomic mass is 10.1. The first-order valence-electron chi connectivity index (χ1n) is 6.25.